The molecular formula is C27H24N4O. The predicted molar refractivity (Wildman–Crippen MR) is 127 cm³/mol. The third-order valence-corrected chi connectivity index (χ3v) is 6.81. The summed E-state index contributed by atoms with van der Waals surface area (Å²) in [6.45, 7) is 2.52. The molecule has 32 heavy (non-hydrogen) atoms. The van der Waals surface area contributed by atoms with Gasteiger partial charge in [-0.15, -0.1) is 0 Å². The highest BCUT2D eigenvalue weighted by atomic mass is 16.2. The van der Waals surface area contributed by atoms with Gasteiger partial charge in [0.1, 0.15) is 5.82 Å². The summed E-state index contributed by atoms with van der Waals surface area (Å²) in [4.78, 5) is 27.3. The lowest BCUT2D eigenvalue weighted by Crippen LogP contribution is -2.65. The van der Waals surface area contributed by atoms with Gasteiger partial charge in [0, 0.05) is 31.1 Å². The van der Waals surface area contributed by atoms with E-state index in [9.17, 15) is 4.79 Å². The molecule has 3 heterocycles. The topological polar surface area (TPSA) is 49.3 Å². The normalized spacial score (nSPS) is 20.0. The van der Waals surface area contributed by atoms with E-state index >= 15 is 0 Å². The fraction of sp³-hybridized carbons (Fsp3) is 0.222. The molecule has 5 heteroatoms. The summed E-state index contributed by atoms with van der Waals surface area (Å²) in [7, 11) is 0. The zero-order valence-electron chi connectivity index (χ0n) is 17.8. The van der Waals surface area contributed by atoms with Crippen LogP contribution in [-0.2, 0) is 0 Å². The largest absolute Gasteiger partial charge is 0.350 e. The van der Waals surface area contributed by atoms with Crippen molar-refractivity contribution < 1.29 is 4.79 Å². The van der Waals surface area contributed by atoms with E-state index in [0.717, 1.165) is 59.6 Å². The fourth-order valence-electron chi connectivity index (χ4n) is 5.04. The minimum atomic E-state index is 0.111. The lowest BCUT2D eigenvalue weighted by Gasteiger charge is -2.54. The monoisotopic (exact) mass is 420 g/mol. The van der Waals surface area contributed by atoms with Crippen molar-refractivity contribution in [2.24, 2.45) is 5.92 Å². The molecule has 0 radical (unpaired) electrons. The van der Waals surface area contributed by atoms with Crippen molar-refractivity contribution in [3.63, 3.8) is 0 Å². The van der Waals surface area contributed by atoms with Crippen molar-refractivity contribution in [1.29, 1.82) is 0 Å². The Morgan fingerprint density at radius 1 is 0.844 bits per heavy atom. The molecule has 2 saturated heterocycles. The molecule has 2 atom stereocenters. The van der Waals surface area contributed by atoms with Crippen LogP contribution in [0, 0.1) is 5.92 Å². The number of carbonyl (C=O) groups excluding carboxylic acids is 1. The van der Waals surface area contributed by atoms with Crippen molar-refractivity contribution in [2.45, 2.75) is 12.5 Å². The number of fused-ring (bicyclic) bond motifs is 2. The third-order valence-electron chi connectivity index (χ3n) is 6.81. The molecule has 1 amide bonds. The Balaban J connectivity index is 1.25. The Hall–Kier alpha value is -3.73. The van der Waals surface area contributed by atoms with Crippen LogP contribution in [0.2, 0.25) is 0 Å². The smallest absolute Gasteiger partial charge is 0.254 e. The highest BCUT2D eigenvalue weighted by Gasteiger charge is 2.44. The minimum Gasteiger partial charge on any atom is -0.350 e. The summed E-state index contributed by atoms with van der Waals surface area (Å²) in [5.41, 5.74) is 4.66. The van der Waals surface area contributed by atoms with Crippen molar-refractivity contribution in [3.05, 3.63) is 90.6 Å². The Morgan fingerprint density at radius 2 is 1.59 bits per heavy atom. The van der Waals surface area contributed by atoms with Crippen LogP contribution in [0.25, 0.3) is 22.2 Å². The second kappa shape index (κ2) is 7.75. The van der Waals surface area contributed by atoms with E-state index in [1.807, 2.05) is 77.8 Å². The number of likely N-dealkylation sites (tertiary alicyclic amines) is 1. The first kappa shape index (κ1) is 19.0. The summed E-state index contributed by atoms with van der Waals surface area (Å²) in [6.07, 6.45) is 2.89. The number of piperidine rings is 1. The van der Waals surface area contributed by atoms with E-state index in [1.165, 1.54) is 0 Å². The molecule has 5 nitrogen and oxygen atoms in total. The van der Waals surface area contributed by atoms with Gasteiger partial charge in [-0.1, -0.05) is 60.7 Å². The van der Waals surface area contributed by atoms with Crippen molar-refractivity contribution in [3.8, 4) is 11.1 Å². The molecule has 2 fully saturated rings. The van der Waals surface area contributed by atoms with Crippen LogP contribution in [0.1, 0.15) is 16.8 Å². The minimum absolute atomic E-state index is 0.111. The Bertz CT molecular complexity index is 1290. The summed E-state index contributed by atoms with van der Waals surface area (Å²) < 4.78 is 0. The Labute approximate surface area is 187 Å². The standard InChI is InChI=1S/C27H24N4O/c32-27(22-11-5-4-10-21(22)19-8-2-1-3-9-19)30-15-14-20-17-31(25(20)18-30)26-16-28-23-12-6-7-13-24(23)29-26/h1-13,16,20,25H,14-15,17-18H2/t20?,25-/m1/s1. The van der Waals surface area contributed by atoms with E-state index in [2.05, 4.69) is 22.0 Å². The maximum absolute atomic E-state index is 13.6. The van der Waals surface area contributed by atoms with Gasteiger partial charge in [-0.2, -0.15) is 0 Å². The van der Waals surface area contributed by atoms with Gasteiger partial charge in [-0.05, 0) is 35.7 Å². The van der Waals surface area contributed by atoms with Crippen LogP contribution in [0.4, 0.5) is 5.82 Å². The summed E-state index contributed by atoms with van der Waals surface area (Å²) >= 11 is 0. The van der Waals surface area contributed by atoms with E-state index in [-0.39, 0.29) is 5.91 Å². The van der Waals surface area contributed by atoms with Gasteiger partial charge >= 0.3 is 0 Å². The number of hydrogen-bond acceptors (Lipinski definition) is 4. The Kier molecular flexibility index (Phi) is 4.60. The van der Waals surface area contributed by atoms with Crippen molar-refractivity contribution >= 4 is 22.8 Å². The first-order valence-corrected chi connectivity index (χ1v) is 11.2. The molecule has 2 aliphatic rings. The highest BCUT2D eigenvalue weighted by Crippen LogP contribution is 2.36. The molecule has 2 aliphatic heterocycles. The maximum atomic E-state index is 13.6. The van der Waals surface area contributed by atoms with Crippen LogP contribution >= 0.6 is 0 Å². The summed E-state index contributed by atoms with van der Waals surface area (Å²) in [6, 6.07) is 26.3. The maximum Gasteiger partial charge on any atom is 0.254 e. The van der Waals surface area contributed by atoms with Crippen LogP contribution in [-0.4, -0.2) is 46.5 Å². The number of aromatic nitrogens is 2. The molecule has 0 saturated carbocycles. The number of hydrogen-bond donors (Lipinski definition) is 0. The fourth-order valence-corrected chi connectivity index (χ4v) is 5.04. The van der Waals surface area contributed by atoms with E-state index in [0.29, 0.717) is 12.0 Å². The first-order valence-electron chi connectivity index (χ1n) is 11.2. The summed E-state index contributed by atoms with van der Waals surface area (Å²) in [5.74, 6) is 1.62. The van der Waals surface area contributed by atoms with Crippen LogP contribution in [0.5, 0.6) is 0 Å². The molecule has 1 aromatic heterocycles. The van der Waals surface area contributed by atoms with Crippen LogP contribution in [0.15, 0.2) is 85.1 Å². The zero-order valence-corrected chi connectivity index (χ0v) is 17.8. The van der Waals surface area contributed by atoms with Crippen LogP contribution < -0.4 is 4.90 Å². The number of amides is 1. The summed E-state index contributed by atoms with van der Waals surface area (Å²) in [5, 5.41) is 0. The molecule has 6 rings (SSSR count). The van der Waals surface area contributed by atoms with E-state index in [4.69, 9.17) is 4.98 Å². The van der Waals surface area contributed by atoms with Gasteiger partial charge in [-0.3, -0.25) is 9.78 Å². The van der Waals surface area contributed by atoms with Crippen LogP contribution in [0.3, 0.4) is 0 Å². The molecule has 0 bridgehead atoms. The SMILES string of the molecule is O=C(c1ccccc1-c1ccccc1)N1CCC2CN(c3cnc4ccccc4n3)[C@@H]2C1. The third kappa shape index (κ3) is 3.21. The quantitative estimate of drug-likeness (QED) is 0.484. The number of rotatable bonds is 3. The lowest BCUT2D eigenvalue weighted by atomic mass is 9.82. The van der Waals surface area contributed by atoms with Crippen molar-refractivity contribution in [2.75, 3.05) is 24.5 Å². The molecule has 4 aromatic rings. The number of benzene rings is 3. The molecule has 3 aromatic carbocycles. The molecule has 0 N–H and O–H groups in total. The van der Waals surface area contributed by atoms with Gasteiger partial charge < -0.3 is 9.80 Å². The number of carbonyl (C=O) groups is 1. The predicted octanol–water partition coefficient (Wildman–Crippen LogP) is 4.65. The van der Waals surface area contributed by atoms with E-state index < -0.39 is 0 Å². The molecule has 158 valence electrons. The second-order valence-electron chi connectivity index (χ2n) is 8.65. The molecular weight excluding hydrogens is 396 g/mol. The average molecular weight is 421 g/mol. The molecule has 0 aliphatic carbocycles. The lowest BCUT2D eigenvalue weighted by molar-refractivity contribution is 0.0592. The number of nitrogens with zero attached hydrogens (tertiary/aromatic N) is 4. The van der Waals surface area contributed by atoms with Gasteiger partial charge in [0.2, 0.25) is 0 Å². The number of anilines is 1. The van der Waals surface area contributed by atoms with Gasteiger partial charge in [0.25, 0.3) is 5.91 Å². The second-order valence-corrected chi connectivity index (χ2v) is 8.65. The van der Waals surface area contributed by atoms with Gasteiger partial charge in [-0.25, -0.2) is 4.98 Å². The number of para-hydroxylation sites is 2. The first-order chi connectivity index (χ1) is 15.8. The van der Waals surface area contributed by atoms with Gasteiger partial charge in [0.15, 0.2) is 0 Å². The average Bonchev–Trinajstić information content (AvgIpc) is 2.85. The van der Waals surface area contributed by atoms with Gasteiger partial charge in [0.05, 0.1) is 23.3 Å². The Morgan fingerprint density at radius 3 is 2.47 bits per heavy atom. The highest BCUT2D eigenvalue weighted by molar-refractivity contribution is 6.01. The zero-order chi connectivity index (χ0) is 21.5. The van der Waals surface area contributed by atoms with Crippen molar-refractivity contribution in [1.82, 2.24) is 14.9 Å². The van der Waals surface area contributed by atoms with E-state index in [1.54, 1.807) is 0 Å². The molecule has 1 unspecified atom stereocenters. The molecule has 0 spiro atoms.